The van der Waals surface area contributed by atoms with Crippen molar-refractivity contribution in [1.29, 1.82) is 0 Å². The minimum absolute atomic E-state index is 0.0927. The van der Waals surface area contributed by atoms with E-state index >= 15 is 0 Å². The lowest BCUT2D eigenvalue weighted by atomic mass is 9.98. The zero-order chi connectivity index (χ0) is 15.6. The average Bonchev–Trinajstić information content (AvgIpc) is 2.35. The number of hydrogen-bond acceptors (Lipinski definition) is 3. The summed E-state index contributed by atoms with van der Waals surface area (Å²) in [7, 11) is 0. The SMILES string of the molecule is CC(=O)N[C@@H]1Cc2ccccc2N(C(=O)OC(C)(C)C)C1. The molecular weight excluding hydrogens is 268 g/mol. The minimum Gasteiger partial charge on any atom is -0.443 e. The molecule has 0 bridgehead atoms. The molecule has 1 aromatic rings. The molecule has 114 valence electrons. The third-order valence-corrected chi connectivity index (χ3v) is 3.17. The van der Waals surface area contributed by atoms with E-state index < -0.39 is 5.60 Å². The number of hydrogen-bond donors (Lipinski definition) is 1. The Bertz CT molecular complexity index is 549. The van der Waals surface area contributed by atoms with Crippen molar-refractivity contribution in [3.8, 4) is 0 Å². The number of para-hydroxylation sites is 1. The number of anilines is 1. The summed E-state index contributed by atoms with van der Waals surface area (Å²) in [6.07, 6.45) is 0.333. The van der Waals surface area contributed by atoms with Gasteiger partial charge in [-0.25, -0.2) is 4.79 Å². The van der Waals surface area contributed by atoms with Crippen LogP contribution in [0.15, 0.2) is 24.3 Å². The zero-order valence-electron chi connectivity index (χ0n) is 13.0. The summed E-state index contributed by atoms with van der Waals surface area (Å²) in [6.45, 7) is 7.42. The van der Waals surface area contributed by atoms with Crippen molar-refractivity contribution in [1.82, 2.24) is 5.32 Å². The van der Waals surface area contributed by atoms with Gasteiger partial charge in [-0.3, -0.25) is 9.69 Å². The van der Waals surface area contributed by atoms with Gasteiger partial charge in [0, 0.05) is 13.5 Å². The first-order valence-corrected chi connectivity index (χ1v) is 7.12. The molecule has 0 spiro atoms. The van der Waals surface area contributed by atoms with Gasteiger partial charge in [0.15, 0.2) is 0 Å². The van der Waals surface area contributed by atoms with Crippen molar-refractivity contribution in [2.45, 2.75) is 45.8 Å². The lowest BCUT2D eigenvalue weighted by Crippen LogP contribution is -2.50. The highest BCUT2D eigenvalue weighted by atomic mass is 16.6. The molecule has 0 aliphatic carbocycles. The molecule has 1 atom stereocenters. The van der Waals surface area contributed by atoms with E-state index in [1.807, 2.05) is 45.0 Å². The largest absolute Gasteiger partial charge is 0.443 e. The van der Waals surface area contributed by atoms with Crippen LogP contribution in [0.2, 0.25) is 0 Å². The Kier molecular flexibility index (Phi) is 4.21. The summed E-state index contributed by atoms with van der Waals surface area (Å²) >= 11 is 0. The van der Waals surface area contributed by atoms with Gasteiger partial charge in [0.2, 0.25) is 5.91 Å². The Balaban J connectivity index is 2.26. The predicted octanol–water partition coefficient (Wildman–Crippen LogP) is 2.49. The fourth-order valence-corrected chi connectivity index (χ4v) is 2.47. The van der Waals surface area contributed by atoms with Crippen LogP contribution in [-0.4, -0.2) is 30.2 Å². The smallest absolute Gasteiger partial charge is 0.414 e. The monoisotopic (exact) mass is 290 g/mol. The summed E-state index contributed by atoms with van der Waals surface area (Å²) in [5.74, 6) is -0.0940. The topological polar surface area (TPSA) is 58.6 Å². The van der Waals surface area contributed by atoms with E-state index in [2.05, 4.69) is 5.32 Å². The molecule has 2 amide bonds. The molecule has 2 rings (SSSR count). The fourth-order valence-electron chi connectivity index (χ4n) is 2.47. The molecule has 5 nitrogen and oxygen atoms in total. The fraction of sp³-hybridized carbons (Fsp3) is 0.500. The molecule has 0 fully saturated rings. The first-order valence-electron chi connectivity index (χ1n) is 7.12. The summed E-state index contributed by atoms with van der Waals surface area (Å²) < 4.78 is 5.46. The van der Waals surface area contributed by atoms with E-state index in [0.717, 1.165) is 17.7 Å². The normalized spacial score (nSPS) is 17.9. The van der Waals surface area contributed by atoms with E-state index in [0.29, 0.717) is 6.54 Å². The van der Waals surface area contributed by atoms with Crippen LogP contribution < -0.4 is 10.2 Å². The van der Waals surface area contributed by atoms with E-state index in [4.69, 9.17) is 4.74 Å². The van der Waals surface area contributed by atoms with Crippen LogP contribution in [-0.2, 0) is 16.0 Å². The highest BCUT2D eigenvalue weighted by Crippen LogP contribution is 2.28. The van der Waals surface area contributed by atoms with Crippen molar-refractivity contribution in [3.63, 3.8) is 0 Å². The lowest BCUT2D eigenvalue weighted by Gasteiger charge is -2.35. The Labute approximate surface area is 125 Å². The third kappa shape index (κ3) is 3.97. The molecule has 1 aliphatic rings. The first kappa shape index (κ1) is 15.4. The van der Waals surface area contributed by atoms with Gasteiger partial charge in [0.25, 0.3) is 0 Å². The van der Waals surface area contributed by atoms with Crippen molar-refractivity contribution in [2.75, 3.05) is 11.4 Å². The first-order chi connectivity index (χ1) is 9.76. The van der Waals surface area contributed by atoms with Crippen molar-refractivity contribution in [2.24, 2.45) is 0 Å². The predicted molar refractivity (Wildman–Crippen MR) is 81.3 cm³/mol. The van der Waals surface area contributed by atoms with E-state index in [-0.39, 0.29) is 18.0 Å². The molecule has 21 heavy (non-hydrogen) atoms. The van der Waals surface area contributed by atoms with Gasteiger partial charge in [-0.15, -0.1) is 0 Å². The molecule has 1 aromatic carbocycles. The Hall–Kier alpha value is -2.04. The number of nitrogens with one attached hydrogen (secondary N) is 1. The zero-order valence-corrected chi connectivity index (χ0v) is 13.0. The number of carbonyl (C=O) groups is 2. The number of rotatable bonds is 1. The number of carbonyl (C=O) groups excluding carboxylic acids is 2. The van der Waals surface area contributed by atoms with Crippen LogP contribution in [0.5, 0.6) is 0 Å². The maximum absolute atomic E-state index is 12.4. The molecule has 1 heterocycles. The quantitative estimate of drug-likeness (QED) is 0.864. The molecule has 0 unspecified atom stereocenters. The van der Waals surface area contributed by atoms with E-state index in [1.165, 1.54) is 6.92 Å². The molecule has 0 radical (unpaired) electrons. The van der Waals surface area contributed by atoms with Crippen molar-refractivity contribution in [3.05, 3.63) is 29.8 Å². The van der Waals surface area contributed by atoms with Gasteiger partial charge in [-0.05, 0) is 38.8 Å². The average molecular weight is 290 g/mol. The maximum atomic E-state index is 12.4. The van der Waals surface area contributed by atoms with Gasteiger partial charge in [-0.2, -0.15) is 0 Å². The molecule has 5 heteroatoms. The van der Waals surface area contributed by atoms with Gasteiger partial charge in [0.1, 0.15) is 5.60 Å². The summed E-state index contributed by atoms with van der Waals surface area (Å²) in [4.78, 5) is 25.3. The van der Waals surface area contributed by atoms with Crippen LogP contribution in [0.3, 0.4) is 0 Å². The van der Waals surface area contributed by atoms with Crippen LogP contribution >= 0.6 is 0 Å². The highest BCUT2D eigenvalue weighted by molar-refractivity contribution is 5.90. The van der Waals surface area contributed by atoms with E-state index in [9.17, 15) is 9.59 Å². The Morgan fingerprint density at radius 3 is 2.57 bits per heavy atom. The molecule has 0 saturated carbocycles. The van der Waals surface area contributed by atoms with E-state index in [1.54, 1.807) is 4.90 Å². The second-order valence-corrected chi connectivity index (χ2v) is 6.32. The lowest BCUT2D eigenvalue weighted by molar-refractivity contribution is -0.119. The maximum Gasteiger partial charge on any atom is 0.414 e. The number of fused-ring (bicyclic) bond motifs is 1. The van der Waals surface area contributed by atoms with Crippen molar-refractivity contribution < 1.29 is 14.3 Å². The number of amides is 2. The van der Waals surface area contributed by atoms with Crippen LogP contribution in [0.1, 0.15) is 33.3 Å². The molecule has 0 saturated heterocycles. The number of nitrogens with zero attached hydrogens (tertiary/aromatic N) is 1. The molecule has 0 aromatic heterocycles. The van der Waals surface area contributed by atoms with Crippen LogP contribution in [0, 0.1) is 0 Å². The highest BCUT2D eigenvalue weighted by Gasteiger charge is 2.31. The Morgan fingerprint density at radius 1 is 1.29 bits per heavy atom. The Morgan fingerprint density at radius 2 is 1.95 bits per heavy atom. The van der Waals surface area contributed by atoms with Gasteiger partial charge in [0.05, 0.1) is 11.7 Å². The molecule has 1 aliphatic heterocycles. The molecule has 1 N–H and O–H groups in total. The number of ether oxygens (including phenoxy) is 1. The standard InChI is InChI=1S/C16H22N2O3/c1-11(19)17-13-9-12-7-5-6-8-14(12)18(10-13)15(20)21-16(2,3)4/h5-8,13H,9-10H2,1-4H3,(H,17,19)/t13-/m1/s1. The summed E-state index contributed by atoms with van der Waals surface area (Å²) in [6, 6.07) is 7.62. The summed E-state index contributed by atoms with van der Waals surface area (Å²) in [5, 5.41) is 2.88. The number of benzene rings is 1. The van der Waals surface area contributed by atoms with Crippen molar-refractivity contribution >= 4 is 17.7 Å². The third-order valence-electron chi connectivity index (χ3n) is 3.17. The minimum atomic E-state index is -0.549. The van der Waals surface area contributed by atoms with Gasteiger partial charge >= 0.3 is 6.09 Å². The second kappa shape index (κ2) is 5.76. The summed E-state index contributed by atoms with van der Waals surface area (Å²) in [5.41, 5.74) is 1.34. The second-order valence-electron chi connectivity index (χ2n) is 6.32. The van der Waals surface area contributed by atoms with Crippen LogP contribution in [0.4, 0.5) is 10.5 Å². The molecular formula is C16H22N2O3. The van der Waals surface area contributed by atoms with Gasteiger partial charge in [-0.1, -0.05) is 18.2 Å². The van der Waals surface area contributed by atoms with Gasteiger partial charge < -0.3 is 10.1 Å². The van der Waals surface area contributed by atoms with Crippen LogP contribution in [0.25, 0.3) is 0 Å².